The van der Waals surface area contributed by atoms with Crippen LogP contribution in [0.5, 0.6) is 5.75 Å². The highest BCUT2D eigenvalue weighted by Gasteiger charge is 2.56. The molecule has 29 heavy (non-hydrogen) atoms. The van der Waals surface area contributed by atoms with E-state index in [1.165, 1.54) is 38.5 Å². The Kier molecular flexibility index (Phi) is 8.29. The van der Waals surface area contributed by atoms with Gasteiger partial charge in [-0.2, -0.15) is 5.11 Å². The summed E-state index contributed by atoms with van der Waals surface area (Å²) < 4.78 is 17.3. The monoisotopic (exact) mass is 398 g/mol. The average Bonchev–Trinajstić information content (AvgIpc) is 3.47. The smallest absolute Gasteiger partial charge is 0.229 e. The number of ether oxygens (including phenoxy) is 3. The average molecular weight is 399 g/mol. The Hall–Kier alpha value is -2.14. The van der Waals surface area contributed by atoms with E-state index in [9.17, 15) is 0 Å². The van der Waals surface area contributed by atoms with Gasteiger partial charge in [0.25, 0.3) is 0 Å². The Morgan fingerprint density at radius 1 is 0.897 bits per heavy atom. The maximum absolute atomic E-state index is 5.81. The summed E-state index contributed by atoms with van der Waals surface area (Å²) in [7, 11) is 0. The van der Waals surface area contributed by atoms with Crippen LogP contribution in [-0.2, 0) is 9.47 Å². The zero-order chi connectivity index (χ0) is 20.4. The number of nitrogens with zero attached hydrogens (tertiary/aromatic N) is 2. The topological polar surface area (TPSA) is 55.7 Å². The van der Waals surface area contributed by atoms with Gasteiger partial charge in [-0.3, -0.25) is 0 Å². The summed E-state index contributed by atoms with van der Waals surface area (Å²) in [5.74, 6) is 1.75. The molecule has 1 heterocycles. The second-order valence-electron chi connectivity index (χ2n) is 7.70. The van der Waals surface area contributed by atoms with Crippen LogP contribution in [0.1, 0.15) is 65.2 Å². The van der Waals surface area contributed by atoms with Crippen LogP contribution < -0.4 is 4.74 Å². The minimum Gasteiger partial charge on any atom is -0.494 e. The summed E-state index contributed by atoms with van der Waals surface area (Å²) >= 11 is 0. The van der Waals surface area contributed by atoms with Crippen LogP contribution in [0.15, 0.2) is 58.5 Å². The molecule has 2 atom stereocenters. The molecule has 2 unspecified atom stereocenters. The molecule has 3 rings (SSSR count). The van der Waals surface area contributed by atoms with Gasteiger partial charge in [0.2, 0.25) is 5.72 Å². The number of hydrogen-bond acceptors (Lipinski definition) is 5. The quantitative estimate of drug-likeness (QED) is 0.195. The van der Waals surface area contributed by atoms with Crippen LogP contribution >= 0.6 is 0 Å². The summed E-state index contributed by atoms with van der Waals surface area (Å²) in [5.41, 5.74) is 0.145. The Morgan fingerprint density at radius 2 is 1.59 bits per heavy atom. The van der Waals surface area contributed by atoms with E-state index >= 15 is 0 Å². The van der Waals surface area contributed by atoms with Gasteiger partial charge in [-0.1, -0.05) is 52.4 Å². The second-order valence-corrected chi connectivity index (χ2v) is 7.70. The molecule has 0 N–H and O–H groups in total. The Labute approximate surface area is 174 Å². The molecule has 1 saturated heterocycles. The van der Waals surface area contributed by atoms with E-state index in [1.54, 1.807) is 0 Å². The van der Waals surface area contributed by atoms with Crippen LogP contribution in [-0.4, -0.2) is 25.0 Å². The lowest BCUT2D eigenvalue weighted by Crippen LogP contribution is -2.11. The molecule has 1 aromatic rings. The fourth-order valence-electron chi connectivity index (χ4n) is 3.26. The molecule has 158 valence electrons. The highest BCUT2D eigenvalue weighted by Crippen LogP contribution is 2.44. The number of fused-ring (bicyclic) bond motifs is 1. The Bertz CT molecular complexity index is 711. The van der Waals surface area contributed by atoms with Gasteiger partial charge in [0.15, 0.2) is 0 Å². The SMILES string of the molecule is CCCCCCOC1=CC2OC2(N=Nc2ccc(OCCCCCC)cc2)C=C1. The van der Waals surface area contributed by atoms with Crippen molar-refractivity contribution in [2.45, 2.75) is 77.0 Å². The zero-order valence-corrected chi connectivity index (χ0v) is 17.8. The minimum absolute atomic E-state index is 0.0763. The summed E-state index contributed by atoms with van der Waals surface area (Å²) in [6.07, 6.45) is 15.4. The molecule has 0 saturated carbocycles. The molecule has 1 fully saturated rings. The highest BCUT2D eigenvalue weighted by atomic mass is 16.6. The van der Waals surface area contributed by atoms with Crippen LogP contribution in [0.25, 0.3) is 0 Å². The van der Waals surface area contributed by atoms with Crippen LogP contribution in [0.4, 0.5) is 5.69 Å². The molecule has 2 aliphatic rings. The van der Waals surface area contributed by atoms with Gasteiger partial charge in [0, 0.05) is 0 Å². The maximum Gasteiger partial charge on any atom is 0.229 e. The molecule has 0 aromatic heterocycles. The van der Waals surface area contributed by atoms with Crippen LogP contribution in [0.2, 0.25) is 0 Å². The lowest BCUT2D eigenvalue weighted by molar-refractivity contribution is 0.215. The largest absolute Gasteiger partial charge is 0.494 e. The Morgan fingerprint density at radius 3 is 2.24 bits per heavy atom. The normalized spacial score (nSPS) is 22.4. The van der Waals surface area contributed by atoms with Crippen molar-refractivity contribution in [3.8, 4) is 5.75 Å². The predicted molar refractivity (Wildman–Crippen MR) is 116 cm³/mol. The number of hydrogen-bond donors (Lipinski definition) is 0. The van der Waals surface area contributed by atoms with Gasteiger partial charge in [0.1, 0.15) is 17.6 Å². The van der Waals surface area contributed by atoms with Crippen LogP contribution in [0.3, 0.4) is 0 Å². The number of azo groups is 1. The van der Waals surface area contributed by atoms with Gasteiger partial charge >= 0.3 is 0 Å². The van der Waals surface area contributed by atoms with Crippen molar-refractivity contribution in [3.63, 3.8) is 0 Å². The van der Waals surface area contributed by atoms with Crippen molar-refractivity contribution in [1.29, 1.82) is 0 Å². The van der Waals surface area contributed by atoms with Gasteiger partial charge < -0.3 is 14.2 Å². The number of allylic oxidation sites excluding steroid dienone is 1. The fraction of sp³-hybridized carbons (Fsp3) is 0.583. The second kappa shape index (κ2) is 11.1. The van der Waals surface area contributed by atoms with Crippen molar-refractivity contribution in [2.24, 2.45) is 10.2 Å². The molecular formula is C24H34N2O3. The zero-order valence-electron chi connectivity index (χ0n) is 17.8. The van der Waals surface area contributed by atoms with E-state index in [4.69, 9.17) is 14.2 Å². The summed E-state index contributed by atoms with van der Waals surface area (Å²) in [5, 5.41) is 8.76. The summed E-state index contributed by atoms with van der Waals surface area (Å²) in [6.45, 7) is 5.94. The van der Waals surface area contributed by atoms with Crippen molar-refractivity contribution in [2.75, 3.05) is 13.2 Å². The lowest BCUT2D eigenvalue weighted by atomic mass is 10.1. The summed E-state index contributed by atoms with van der Waals surface area (Å²) in [4.78, 5) is 0. The standard InChI is InChI=1S/C24H34N2O3/c1-3-5-7-9-17-27-21-13-11-20(12-14-21)25-26-24-16-15-22(19-23(24)29-24)28-18-10-8-6-4-2/h11-16,19,23H,3-10,17-18H2,1-2H3. The molecule has 5 nitrogen and oxygen atoms in total. The molecular weight excluding hydrogens is 364 g/mol. The fourth-order valence-corrected chi connectivity index (χ4v) is 3.26. The number of rotatable bonds is 14. The van der Waals surface area contributed by atoms with Gasteiger partial charge in [-0.05, 0) is 55.3 Å². The molecule has 5 heteroatoms. The molecule has 1 aromatic carbocycles. The minimum atomic E-state index is -0.649. The molecule has 0 bridgehead atoms. The first-order valence-electron chi connectivity index (χ1n) is 11.1. The molecule has 0 spiro atoms. The van der Waals surface area contributed by atoms with E-state index in [0.717, 1.165) is 43.3 Å². The van der Waals surface area contributed by atoms with E-state index < -0.39 is 5.72 Å². The summed E-state index contributed by atoms with van der Waals surface area (Å²) in [6, 6.07) is 7.73. The van der Waals surface area contributed by atoms with Crippen molar-refractivity contribution >= 4 is 5.69 Å². The highest BCUT2D eigenvalue weighted by molar-refractivity contribution is 5.41. The van der Waals surface area contributed by atoms with Gasteiger partial charge in [-0.15, -0.1) is 5.11 Å². The van der Waals surface area contributed by atoms with E-state index in [-0.39, 0.29) is 6.10 Å². The molecule has 1 aliphatic carbocycles. The first-order chi connectivity index (χ1) is 14.3. The third-order valence-electron chi connectivity index (χ3n) is 5.16. The predicted octanol–water partition coefficient (Wildman–Crippen LogP) is 6.88. The molecule has 0 radical (unpaired) electrons. The van der Waals surface area contributed by atoms with Crippen molar-refractivity contribution < 1.29 is 14.2 Å². The third kappa shape index (κ3) is 6.70. The Balaban J connectivity index is 1.40. The lowest BCUT2D eigenvalue weighted by Gasteiger charge is -2.10. The number of benzene rings is 1. The first kappa shape index (κ1) is 21.6. The van der Waals surface area contributed by atoms with E-state index in [1.807, 2.05) is 42.5 Å². The van der Waals surface area contributed by atoms with Crippen molar-refractivity contribution in [3.05, 3.63) is 48.3 Å². The van der Waals surface area contributed by atoms with E-state index in [2.05, 4.69) is 24.1 Å². The third-order valence-corrected chi connectivity index (χ3v) is 5.16. The molecule has 0 amide bonds. The molecule has 1 aliphatic heterocycles. The van der Waals surface area contributed by atoms with Gasteiger partial charge in [-0.25, -0.2) is 0 Å². The number of epoxide rings is 1. The number of unbranched alkanes of at least 4 members (excludes halogenated alkanes) is 6. The van der Waals surface area contributed by atoms with E-state index in [0.29, 0.717) is 0 Å². The van der Waals surface area contributed by atoms with Crippen LogP contribution in [0, 0.1) is 0 Å². The van der Waals surface area contributed by atoms with Crippen molar-refractivity contribution in [1.82, 2.24) is 0 Å². The van der Waals surface area contributed by atoms with Gasteiger partial charge in [0.05, 0.1) is 18.9 Å². The maximum atomic E-state index is 5.81. The first-order valence-corrected chi connectivity index (χ1v) is 11.1.